The number of hydrogen-bond acceptors (Lipinski definition) is 5. The van der Waals surface area contributed by atoms with Gasteiger partial charge in [0.05, 0.1) is 13.1 Å². The van der Waals surface area contributed by atoms with Crippen LogP contribution in [0, 0.1) is 0 Å². The molecule has 29 heavy (non-hydrogen) atoms. The van der Waals surface area contributed by atoms with E-state index in [1.54, 1.807) is 23.3 Å². The molecule has 0 aliphatic heterocycles. The highest BCUT2D eigenvalue weighted by Crippen LogP contribution is 2.29. The van der Waals surface area contributed by atoms with E-state index < -0.39 is 11.9 Å². The number of nitrogens with zero attached hydrogens (tertiary/aromatic N) is 5. The highest BCUT2D eigenvalue weighted by molar-refractivity contribution is 14.0. The third-order valence-electron chi connectivity index (χ3n) is 3.56. The van der Waals surface area contributed by atoms with Crippen LogP contribution in [0.5, 0.6) is 0 Å². The van der Waals surface area contributed by atoms with Crippen LogP contribution in [-0.4, -0.2) is 32.3 Å². The second-order valence-corrected chi connectivity index (χ2v) is 6.59. The van der Waals surface area contributed by atoms with Crippen LogP contribution in [0.2, 0.25) is 0 Å². The number of aromatic nitrogens is 4. The summed E-state index contributed by atoms with van der Waals surface area (Å²) in [5, 5.41) is 11.6. The summed E-state index contributed by atoms with van der Waals surface area (Å²) >= 11 is 0.957. The summed E-state index contributed by atoms with van der Waals surface area (Å²) in [7, 11) is 0. The zero-order valence-electron chi connectivity index (χ0n) is 15.3. The zero-order chi connectivity index (χ0) is 20.0. The van der Waals surface area contributed by atoms with Gasteiger partial charge in [0.1, 0.15) is 5.01 Å². The van der Waals surface area contributed by atoms with Crippen LogP contribution in [0.1, 0.15) is 23.2 Å². The summed E-state index contributed by atoms with van der Waals surface area (Å²) < 4.78 is 39.6. The van der Waals surface area contributed by atoms with E-state index in [4.69, 9.17) is 0 Å². The molecule has 7 nitrogen and oxygen atoms in total. The highest BCUT2D eigenvalue weighted by Gasteiger charge is 2.33. The Hall–Kier alpha value is -2.22. The monoisotopic (exact) mass is 537 g/mol. The number of thiazole rings is 1. The number of halogens is 4. The number of pyridine rings is 1. The van der Waals surface area contributed by atoms with Crippen LogP contribution in [0.25, 0.3) is 5.82 Å². The quantitative estimate of drug-likeness (QED) is 0.286. The summed E-state index contributed by atoms with van der Waals surface area (Å²) in [6.45, 7) is 3.05. The average molecular weight is 537 g/mol. The lowest BCUT2D eigenvalue weighted by atomic mass is 10.2. The second-order valence-electron chi connectivity index (χ2n) is 5.65. The predicted molar refractivity (Wildman–Crippen MR) is 116 cm³/mol. The van der Waals surface area contributed by atoms with Gasteiger partial charge in [0.15, 0.2) is 17.5 Å². The SMILES string of the molecule is CCNC(=NCc1ccnc(-n2cccn2)c1)NCc1nc(C(F)(F)F)cs1.I. The molecular formula is C17H19F3IN7S. The molecule has 3 aromatic rings. The largest absolute Gasteiger partial charge is 0.434 e. The van der Waals surface area contributed by atoms with Crippen molar-refractivity contribution in [2.45, 2.75) is 26.2 Å². The van der Waals surface area contributed by atoms with Gasteiger partial charge in [-0.15, -0.1) is 35.3 Å². The Morgan fingerprint density at radius 2 is 2.10 bits per heavy atom. The Morgan fingerprint density at radius 1 is 1.28 bits per heavy atom. The van der Waals surface area contributed by atoms with Gasteiger partial charge in [-0.3, -0.25) is 0 Å². The fourth-order valence-electron chi connectivity index (χ4n) is 2.28. The molecule has 0 aliphatic rings. The molecular weight excluding hydrogens is 518 g/mol. The van der Waals surface area contributed by atoms with Crippen LogP contribution >= 0.6 is 35.3 Å². The minimum atomic E-state index is -4.43. The van der Waals surface area contributed by atoms with Gasteiger partial charge in [0, 0.05) is 30.5 Å². The molecule has 156 valence electrons. The van der Waals surface area contributed by atoms with Crippen molar-refractivity contribution in [2.75, 3.05) is 6.54 Å². The predicted octanol–water partition coefficient (Wildman–Crippen LogP) is 3.62. The maximum absolute atomic E-state index is 12.6. The van der Waals surface area contributed by atoms with Crippen LogP contribution in [0.15, 0.2) is 47.2 Å². The molecule has 0 fully saturated rings. The fraction of sp³-hybridized carbons (Fsp3) is 0.294. The molecule has 0 aromatic carbocycles. The Bertz CT molecular complexity index is 925. The maximum Gasteiger partial charge on any atom is 0.434 e. The normalized spacial score (nSPS) is 11.8. The molecule has 0 spiro atoms. The topological polar surface area (TPSA) is 80.0 Å². The van der Waals surface area contributed by atoms with Crippen molar-refractivity contribution < 1.29 is 13.2 Å². The van der Waals surface area contributed by atoms with Crippen LogP contribution in [-0.2, 0) is 19.3 Å². The molecule has 0 bridgehead atoms. The molecule has 0 saturated heterocycles. The molecule has 3 aromatic heterocycles. The lowest BCUT2D eigenvalue weighted by Crippen LogP contribution is -2.36. The van der Waals surface area contributed by atoms with Crippen LogP contribution in [0.3, 0.4) is 0 Å². The van der Waals surface area contributed by atoms with Gasteiger partial charge < -0.3 is 10.6 Å². The summed E-state index contributed by atoms with van der Waals surface area (Å²) in [5.41, 5.74) is 0.0467. The van der Waals surface area contributed by atoms with Gasteiger partial charge in [0.2, 0.25) is 0 Å². The van der Waals surface area contributed by atoms with Crippen molar-refractivity contribution in [1.29, 1.82) is 0 Å². The Morgan fingerprint density at radius 3 is 2.76 bits per heavy atom. The van der Waals surface area contributed by atoms with E-state index >= 15 is 0 Å². The van der Waals surface area contributed by atoms with E-state index in [0.717, 1.165) is 22.3 Å². The summed E-state index contributed by atoms with van der Waals surface area (Å²) in [5.74, 6) is 1.17. The van der Waals surface area contributed by atoms with Gasteiger partial charge in [-0.2, -0.15) is 18.3 Å². The molecule has 0 saturated carbocycles. The molecule has 2 N–H and O–H groups in total. The van der Waals surface area contributed by atoms with Crippen molar-refractivity contribution in [2.24, 2.45) is 4.99 Å². The average Bonchev–Trinajstić information content (AvgIpc) is 3.36. The van der Waals surface area contributed by atoms with Gasteiger partial charge in [-0.05, 0) is 30.7 Å². The first-order valence-corrected chi connectivity index (χ1v) is 9.32. The van der Waals surface area contributed by atoms with E-state index in [1.165, 1.54) is 0 Å². The molecule has 3 heterocycles. The third kappa shape index (κ3) is 6.66. The van der Waals surface area contributed by atoms with Crippen LogP contribution in [0.4, 0.5) is 13.2 Å². The van der Waals surface area contributed by atoms with Gasteiger partial charge in [0.25, 0.3) is 0 Å². The molecule has 0 atom stereocenters. The molecule has 0 unspecified atom stereocenters. The first-order chi connectivity index (χ1) is 13.5. The van der Waals surface area contributed by atoms with E-state index in [2.05, 4.69) is 30.7 Å². The Labute approximate surface area is 186 Å². The zero-order valence-corrected chi connectivity index (χ0v) is 18.5. The minimum Gasteiger partial charge on any atom is -0.357 e. The molecule has 12 heteroatoms. The van der Waals surface area contributed by atoms with Crippen molar-refractivity contribution in [3.63, 3.8) is 0 Å². The number of aliphatic imine (C=N–C) groups is 1. The first kappa shape index (κ1) is 23.1. The third-order valence-corrected chi connectivity index (χ3v) is 4.41. The van der Waals surface area contributed by atoms with Crippen molar-refractivity contribution in [3.05, 3.63) is 58.4 Å². The lowest BCUT2D eigenvalue weighted by Gasteiger charge is -2.10. The summed E-state index contributed by atoms with van der Waals surface area (Å²) in [6.07, 6.45) is 0.712. The van der Waals surface area contributed by atoms with Crippen LogP contribution < -0.4 is 10.6 Å². The second kappa shape index (κ2) is 10.5. The van der Waals surface area contributed by atoms with E-state index in [-0.39, 0.29) is 30.5 Å². The fourth-order valence-corrected chi connectivity index (χ4v) is 3.02. The molecule has 3 rings (SSSR count). The van der Waals surface area contributed by atoms with E-state index in [9.17, 15) is 13.2 Å². The van der Waals surface area contributed by atoms with Gasteiger partial charge >= 0.3 is 6.18 Å². The van der Waals surface area contributed by atoms with Crippen molar-refractivity contribution in [1.82, 2.24) is 30.4 Å². The lowest BCUT2D eigenvalue weighted by molar-refractivity contribution is -0.140. The highest BCUT2D eigenvalue weighted by atomic mass is 127. The smallest absolute Gasteiger partial charge is 0.357 e. The minimum absolute atomic E-state index is 0. The maximum atomic E-state index is 12.6. The summed E-state index contributed by atoms with van der Waals surface area (Å²) in [6, 6.07) is 5.52. The molecule has 0 radical (unpaired) electrons. The molecule has 0 aliphatic carbocycles. The van der Waals surface area contributed by atoms with Gasteiger partial charge in [-0.25, -0.2) is 19.6 Å². The van der Waals surface area contributed by atoms with E-state index in [0.29, 0.717) is 29.9 Å². The molecule has 0 amide bonds. The number of alkyl halides is 3. The Kier molecular flexibility index (Phi) is 8.37. The number of rotatable bonds is 6. The van der Waals surface area contributed by atoms with Crippen molar-refractivity contribution >= 4 is 41.3 Å². The number of hydrogen-bond donors (Lipinski definition) is 2. The van der Waals surface area contributed by atoms with Gasteiger partial charge in [-0.1, -0.05) is 0 Å². The first-order valence-electron chi connectivity index (χ1n) is 8.44. The number of guanidine groups is 1. The number of nitrogens with one attached hydrogen (secondary N) is 2. The summed E-state index contributed by atoms with van der Waals surface area (Å²) in [4.78, 5) is 12.3. The van der Waals surface area contributed by atoms with E-state index in [1.807, 2.05) is 25.1 Å². The standard InChI is InChI=1S/C17H18F3N7S.HI/c1-2-21-16(24-10-15-26-13(11-28-15)17(18,19)20)23-9-12-4-6-22-14(8-12)27-7-3-5-25-27;/h3-8,11H,2,9-10H2,1H3,(H2,21,23,24);1H. The Balaban J connectivity index is 0.00000300. The van der Waals surface area contributed by atoms with Crippen molar-refractivity contribution in [3.8, 4) is 5.82 Å².